The van der Waals surface area contributed by atoms with Gasteiger partial charge in [0.25, 0.3) is 0 Å². The third-order valence-electron chi connectivity index (χ3n) is 2.84. The van der Waals surface area contributed by atoms with E-state index in [2.05, 4.69) is 20.4 Å². The summed E-state index contributed by atoms with van der Waals surface area (Å²) < 4.78 is 28.2. The third kappa shape index (κ3) is 2.99. The molecule has 0 aromatic carbocycles. The van der Waals surface area contributed by atoms with Gasteiger partial charge >= 0.3 is 0 Å². The summed E-state index contributed by atoms with van der Waals surface area (Å²) in [4.78, 5) is 9.03. The van der Waals surface area contributed by atoms with E-state index < -0.39 is 9.84 Å². The average Bonchev–Trinajstić information content (AvgIpc) is 2.96. The van der Waals surface area contributed by atoms with E-state index in [0.29, 0.717) is 24.7 Å². The number of nitrogens with one attached hydrogen (secondary N) is 1. The van der Waals surface area contributed by atoms with Crippen LogP contribution in [-0.2, 0) is 16.3 Å². The smallest absolute Gasteiger partial charge is 0.228 e. The number of hydrogen-bond donors (Lipinski definition) is 1. The summed E-state index contributed by atoms with van der Waals surface area (Å²) in [5.41, 5.74) is 1.70. The predicted molar refractivity (Wildman–Crippen MR) is 69.6 cm³/mol. The molecule has 1 fully saturated rings. The molecule has 0 bridgehead atoms. The van der Waals surface area contributed by atoms with Crippen LogP contribution in [0.2, 0.25) is 0 Å². The number of rotatable bonds is 3. The lowest BCUT2D eigenvalue weighted by Crippen LogP contribution is -2.46. The van der Waals surface area contributed by atoms with Gasteiger partial charge in [-0.3, -0.25) is 4.98 Å². The van der Waals surface area contributed by atoms with E-state index in [1.807, 2.05) is 0 Å². The molecule has 0 spiro atoms. The van der Waals surface area contributed by atoms with Crippen LogP contribution in [0.4, 0.5) is 0 Å². The van der Waals surface area contributed by atoms with Gasteiger partial charge in [-0.2, -0.15) is 4.98 Å². The summed E-state index contributed by atoms with van der Waals surface area (Å²) in [6.07, 6.45) is 2.09. The lowest BCUT2D eigenvalue weighted by atomic mass is 10.2. The van der Waals surface area contributed by atoms with Crippen LogP contribution in [0.5, 0.6) is 0 Å². The van der Waals surface area contributed by atoms with Crippen LogP contribution in [-0.4, -0.2) is 47.6 Å². The first-order valence-corrected chi connectivity index (χ1v) is 8.48. The SMILES string of the molecule is O=S1(=O)CCNC(Cc2nc(-c3cncs3)no2)C1. The number of nitrogens with zero attached hydrogens (tertiary/aromatic N) is 3. The highest BCUT2D eigenvalue weighted by molar-refractivity contribution is 7.91. The van der Waals surface area contributed by atoms with Crippen molar-refractivity contribution in [3.63, 3.8) is 0 Å². The molecule has 0 amide bonds. The molecule has 7 nitrogen and oxygen atoms in total. The first-order chi connectivity index (χ1) is 9.12. The van der Waals surface area contributed by atoms with Gasteiger partial charge in [-0.15, -0.1) is 11.3 Å². The summed E-state index contributed by atoms with van der Waals surface area (Å²) in [5, 5.41) is 7.02. The third-order valence-corrected chi connectivity index (χ3v) is 5.35. The fraction of sp³-hybridized carbons (Fsp3) is 0.500. The summed E-state index contributed by atoms with van der Waals surface area (Å²) in [5.74, 6) is 1.25. The van der Waals surface area contributed by atoms with E-state index in [9.17, 15) is 8.42 Å². The molecule has 3 rings (SSSR count). The number of hydrogen-bond acceptors (Lipinski definition) is 8. The van der Waals surface area contributed by atoms with Gasteiger partial charge in [0.1, 0.15) is 0 Å². The number of aromatic nitrogens is 3. The van der Waals surface area contributed by atoms with Crippen LogP contribution >= 0.6 is 11.3 Å². The molecule has 1 aliphatic rings. The molecule has 3 heterocycles. The molecule has 19 heavy (non-hydrogen) atoms. The molecular weight excluding hydrogens is 288 g/mol. The van der Waals surface area contributed by atoms with E-state index in [1.54, 1.807) is 11.7 Å². The standard InChI is InChI=1S/C10H12N4O3S2/c15-19(16)2-1-12-7(5-19)3-9-13-10(14-17-9)8-4-11-6-18-8/h4,6-7,12H,1-3,5H2. The van der Waals surface area contributed by atoms with Crippen molar-refractivity contribution in [3.8, 4) is 10.7 Å². The second-order valence-electron chi connectivity index (χ2n) is 4.35. The van der Waals surface area contributed by atoms with Gasteiger partial charge in [0.2, 0.25) is 11.7 Å². The van der Waals surface area contributed by atoms with E-state index in [1.165, 1.54) is 11.3 Å². The zero-order valence-electron chi connectivity index (χ0n) is 9.94. The molecule has 0 radical (unpaired) electrons. The highest BCUT2D eigenvalue weighted by Crippen LogP contribution is 2.20. The summed E-state index contributed by atoms with van der Waals surface area (Å²) in [6.45, 7) is 0.475. The van der Waals surface area contributed by atoms with Crippen molar-refractivity contribution in [2.75, 3.05) is 18.1 Å². The van der Waals surface area contributed by atoms with Crippen molar-refractivity contribution in [1.29, 1.82) is 0 Å². The van der Waals surface area contributed by atoms with Crippen molar-refractivity contribution >= 4 is 21.2 Å². The monoisotopic (exact) mass is 300 g/mol. The first kappa shape index (κ1) is 12.7. The molecule has 1 atom stereocenters. The lowest BCUT2D eigenvalue weighted by Gasteiger charge is -2.21. The normalized spacial score (nSPS) is 22.4. The molecule has 1 unspecified atom stereocenters. The summed E-state index contributed by atoms with van der Waals surface area (Å²) >= 11 is 1.43. The van der Waals surface area contributed by atoms with Crippen molar-refractivity contribution in [3.05, 3.63) is 17.6 Å². The van der Waals surface area contributed by atoms with Crippen molar-refractivity contribution in [2.24, 2.45) is 0 Å². The Morgan fingerprint density at radius 1 is 1.53 bits per heavy atom. The van der Waals surface area contributed by atoms with E-state index in [0.717, 1.165) is 4.88 Å². The van der Waals surface area contributed by atoms with Gasteiger partial charge in [-0.1, -0.05) is 5.16 Å². The highest BCUT2D eigenvalue weighted by atomic mass is 32.2. The van der Waals surface area contributed by atoms with Crippen molar-refractivity contribution < 1.29 is 12.9 Å². The molecule has 102 valence electrons. The van der Waals surface area contributed by atoms with Gasteiger partial charge in [-0.05, 0) is 0 Å². The zero-order valence-corrected chi connectivity index (χ0v) is 11.6. The minimum atomic E-state index is -2.95. The Labute approximate surface area is 114 Å². The topological polar surface area (TPSA) is 98.0 Å². The largest absolute Gasteiger partial charge is 0.339 e. The predicted octanol–water partition coefficient (Wildman–Crippen LogP) is 0.122. The van der Waals surface area contributed by atoms with Crippen LogP contribution in [0.1, 0.15) is 5.89 Å². The Balaban J connectivity index is 1.71. The van der Waals surface area contributed by atoms with Gasteiger partial charge in [0, 0.05) is 25.2 Å². The Morgan fingerprint density at radius 3 is 3.16 bits per heavy atom. The molecule has 2 aromatic rings. The molecule has 1 N–H and O–H groups in total. The molecule has 2 aromatic heterocycles. The van der Waals surface area contributed by atoms with Crippen LogP contribution in [0.3, 0.4) is 0 Å². The average molecular weight is 300 g/mol. The fourth-order valence-corrected chi connectivity index (χ4v) is 3.96. The molecule has 1 saturated heterocycles. The number of thiazole rings is 1. The molecule has 1 aliphatic heterocycles. The van der Waals surface area contributed by atoms with E-state index in [4.69, 9.17) is 4.52 Å². The zero-order chi connectivity index (χ0) is 13.3. The van der Waals surface area contributed by atoms with Crippen LogP contribution < -0.4 is 5.32 Å². The van der Waals surface area contributed by atoms with Gasteiger partial charge in [-0.25, -0.2) is 8.42 Å². The maximum atomic E-state index is 11.5. The van der Waals surface area contributed by atoms with E-state index >= 15 is 0 Å². The maximum absolute atomic E-state index is 11.5. The minimum Gasteiger partial charge on any atom is -0.339 e. The summed E-state index contributed by atoms with van der Waals surface area (Å²) in [6, 6.07) is -0.159. The van der Waals surface area contributed by atoms with Crippen LogP contribution in [0, 0.1) is 0 Å². The van der Waals surface area contributed by atoms with E-state index in [-0.39, 0.29) is 17.5 Å². The molecule has 9 heteroatoms. The molecular formula is C10H12N4O3S2. The van der Waals surface area contributed by atoms with Gasteiger partial charge < -0.3 is 9.84 Å². The lowest BCUT2D eigenvalue weighted by molar-refractivity contribution is 0.361. The quantitative estimate of drug-likeness (QED) is 0.859. The Hall–Kier alpha value is -1.32. The van der Waals surface area contributed by atoms with Gasteiger partial charge in [0.15, 0.2) is 9.84 Å². The highest BCUT2D eigenvalue weighted by Gasteiger charge is 2.26. The van der Waals surface area contributed by atoms with Gasteiger partial charge in [0.05, 0.1) is 21.9 Å². The minimum absolute atomic E-state index is 0.116. The second-order valence-corrected chi connectivity index (χ2v) is 7.46. The summed E-state index contributed by atoms with van der Waals surface area (Å²) in [7, 11) is -2.95. The molecule has 0 saturated carbocycles. The van der Waals surface area contributed by atoms with Crippen LogP contribution in [0.15, 0.2) is 16.2 Å². The number of sulfone groups is 1. The second kappa shape index (κ2) is 4.99. The van der Waals surface area contributed by atoms with Crippen molar-refractivity contribution in [1.82, 2.24) is 20.4 Å². The fourth-order valence-electron chi connectivity index (χ4n) is 1.97. The van der Waals surface area contributed by atoms with Crippen LogP contribution in [0.25, 0.3) is 10.7 Å². The first-order valence-electron chi connectivity index (χ1n) is 5.78. The van der Waals surface area contributed by atoms with Crippen molar-refractivity contribution in [2.45, 2.75) is 12.5 Å². The Bertz CT molecular complexity index is 650. The molecule has 0 aliphatic carbocycles. The Kier molecular flexibility index (Phi) is 3.33. The maximum Gasteiger partial charge on any atom is 0.228 e. The Morgan fingerprint density at radius 2 is 2.42 bits per heavy atom.